The van der Waals surface area contributed by atoms with Gasteiger partial charge in [-0.25, -0.2) is 4.39 Å². The number of benzene rings is 1. The lowest BCUT2D eigenvalue weighted by atomic mass is 10.0. The molecule has 2 nitrogen and oxygen atoms in total. The molecule has 0 unspecified atom stereocenters. The van der Waals surface area contributed by atoms with Crippen LogP contribution in [0.3, 0.4) is 0 Å². The first kappa shape index (κ1) is 10.6. The average Bonchev–Trinajstić information content (AvgIpc) is 2.19. The molecule has 0 aliphatic carbocycles. The lowest BCUT2D eigenvalue weighted by Gasteiger charge is -2.08. The van der Waals surface area contributed by atoms with Gasteiger partial charge in [0.2, 0.25) is 0 Å². The fraction of sp³-hybridized carbons (Fsp3) is 0.154. The maximum atomic E-state index is 13.8. The summed E-state index contributed by atoms with van der Waals surface area (Å²) in [7, 11) is 0. The molecule has 0 radical (unpaired) electrons. The topological polar surface area (TPSA) is 38.9 Å². The van der Waals surface area contributed by atoms with Crippen molar-refractivity contribution in [3.8, 4) is 11.3 Å². The molecule has 0 atom stereocenters. The summed E-state index contributed by atoms with van der Waals surface area (Å²) in [5, 5.41) is 0. The van der Waals surface area contributed by atoms with Crippen molar-refractivity contribution >= 4 is 5.69 Å². The van der Waals surface area contributed by atoms with E-state index >= 15 is 0 Å². The maximum absolute atomic E-state index is 13.8. The summed E-state index contributed by atoms with van der Waals surface area (Å²) >= 11 is 0. The summed E-state index contributed by atoms with van der Waals surface area (Å²) < 4.78 is 13.8. The standard InChI is InChI=1S/C13H13FN2/c1-8-5-9(2)13(11(14)6-8)12-4-3-10(15)7-16-12/h3-7H,15H2,1-2H3. The van der Waals surface area contributed by atoms with Crippen LogP contribution in [0.1, 0.15) is 11.1 Å². The van der Waals surface area contributed by atoms with Crippen molar-refractivity contribution in [1.29, 1.82) is 0 Å². The van der Waals surface area contributed by atoms with Crippen molar-refractivity contribution in [3.63, 3.8) is 0 Å². The number of hydrogen-bond donors (Lipinski definition) is 1. The van der Waals surface area contributed by atoms with Crippen molar-refractivity contribution in [1.82, 2.24) is 4.98 Å². The third kappa shape index (κ3) is 1.89. The van der Waals surface area contributed by atoms with Gasteiger partial charge in [-0.3, -0.25) is 4.98 Å². The van der Waals surface area contributed by atoms with Gasteiger partial charge in [0.1, 0.15) is 5.82 Å². The molecule has 2 aromatic rings. The Kier molecular flexibility index (Phi) is 2.60. The van der Waals surface area contributed by atoms with Crippen LogP contribution in [0.15, 0.2) is 30.5 Å². The van der Waals surface area contributed by atoms with Crippen LogP contribution in [0.25, 0.3) is 11.3 Å². The highest BCUT2D eigenvalue weighted by Gasteiger charge is 2.10. The lowest BCUT2D eigenvalue weighted by molar-refractivity contribution is 0.628. The van der Waals surface area contributed by atoms with E-state index in [9.17, 15) is 4.39 Å². The fourth-order valence-electron chi connectivity index (χ4n) is 1.79. The molecule has 2 rings (SSSR count). The molecule has 0 bridgehead atoms. The van der Waals surface area contributed by atoms with Gasteiger partial charge in [0, 0.05) is 5.56 Å². The van der Waals surface area contributed by atoms with Crippen LogP contribution in [-0.4, -0.2) is 4.98 Å². The molecule has 0 saturated carbocycles. The van der Waals surface area contributed by atoms with Gasteiger partial charge in [0.15, 0.2) is 0 Å². The van der Waals surface area contributed by atoms with Gasteiger partial charge in [0.05, 0.1) is 17.6 Å². The molecule has 0 fully saturated rings. The summed E-state index contributed by atoms with van der Waals surface area (Å²) in [6.45, 7) is 3.75. The largest absolute Gasteiger partial charge is 0.397 e. The zero-order valence-corrected chi connectivity index (χ0v) is 9.29. The van der Waals surface area contributed by atoms with E-state index < -0.39 is 0 Å². The molecule has 3 heteroatoms. The molecule has 2 N–H and O–H groups in total. The second kappa shape index (κ2) is 3.93. The van der Waals surface area contributed by atoms with Gasteiger partial charge in [0.25, 0.3) is 0 Å². The molecule has 16 heavy (non-hydrogen) atoms. The second-order valence-electron chi connectivity index (χ2n) is 3.92. The van der Waals surface area contributed by atoms with Crippen molar-refractivity contribution in [2.24, 2.45) is 0 Å². The van der Waals surface area contributed by atoms with Crippen LogP contribution < -0.4 is 5.73 Å². The second-order valence-corrected chi connectivity index (χ2v) is 3.92. The van der Waals surface area contributed by atoms with Crippen molar-refractivity contribution in [3.05, 3.63) is 47.4 Å². The summed E-state index contributed by atoms with van der Waals surface area (Å²) in [5.41, 5.74) is 9.08. The van der Waals surface area contributed by atoms with E-state index in [4.69, 9.17) is 5.73 Å². The Morgan fingerprint density at radius 2 is 1.94 bits per heavy atom. The predicted octanol–water partition coefficient (Wildman–Crippen LogP) is 3.09. The monoisotopic (exact) mass is 216 g/mol. The molecular formula is C13H13FN2. The third-order valence-electron chi connectivity index (χ3n) is 2.47. The smallest absolute Gasteiger partial charge is 0.133 e. The van der Waals surface area contributed by atoms with Crippen LogP contribution >= 0.6 is 0 Å². The number of nitrogens with zero attached hydrogens (tertiary/aromatic N) is 1. The lowest BCUT2D eigenvalue weighted by Crippen LogP contribution is -1.94. The molecule has 0 saturated heterocycles. The Balaban J connectivity index is 2.60. The molecule has 0 amide bonds. The minimum absolute atomic E-state index is 0.241. The number of aryl methyl sites for hydroxylation is 2. The van der Waals surface area contributed by atoms with Gasteiger partial charge in [-0.2, -0.15) is 0 Å². The van der Waals surface area contributed by atoms with E-state index in [2.05, 4.69) is 4.98 Å². The minimum Gasteiger partial charge on any atom is -0.397 e. The number of nitrogen functional groups attached to an aromatic ring is 1. The zero-order valence-electron chi connectivity index (χ0n) is 9.29. The Hall–Kier alpha value is -1.90. The van der Waals surface area contributed by atoms with Gasteiger partial charge in [-0.05, 0) is 43.2 Å². The van der Waals surface area contributed by atoms with Gasteiger partial charge < -0.3 is 5.73 Å². The number of aromatic nitrogens is 1. The zero-order chi connectivity index (χ0) is 11.7. The van der Waals surface area contributed by atoms with E-state index in [-0.39, 0.29) is 5.82 Å². The Morgan fingerprint density at radius 1 is 1.19 bits per heavy atom. The maximum Gasteiger partial charge on any atom is 0.133 e. The van der Waals surface area contributed by atoms with E-state index in [1.807, 2.05) is 19.9 Å². The Bertz CT molecular complexity index is 495. The first-order valence-electron chi connectivity index (χ1n) is 5.06. The third-order valence-corrected chi connectivity index (χ3v) is 2.47. The van der Waals surface area contributed by atoms with E-state index in [0.29, 0.717) is 16.9 Å². The highest BCUT2D eigenvalue weighted by molar-refractivity contribution is 5.65. The Morgan fingerprint density at radius 3 is 2.50 bits per heavy atom. The molecule has 82 valence electrons. The SMILES string of the molecule is Cc1cc(C)c(-c2ccc(N)cn2)c(F)c1. The van der Waals surface area contributed by atoms with Crippen LogP contribution in [0.5, 0.6) is 0 Å². The first-order chi connectivity index (χ1) is 7.58. The number of rotatable bonds is 1. The highest BCUT2D eigenvalue weighted by Crippen LogP contribution is 2.26. The molecule has 0 spiro atoms. The average molecular weight is 216 g/mol. The number of nitrogens with two attached hydrogens (primary N) is 1. The number of pyridine rings is 1. The molecular weight excluding hydrogens is 203 g/mol. The number of anilines is 1. The number of halogens is 1. The molecule has 1 heterocycles. The van der Waals surface area contributed by atoms with Crippen LogP contribution in [-0.2, 0) is 0 Å². The summed E-state index contributed by atoms with van der Waals surface area (Å²) in [4.78, 5) is 4.13. The van der Waals surface area contributed by atoms with Crippen molar-refractivity contribution < 1.29 is 4.39 Å². The van der Waals surface area contributed by atoms with Crippen LogP contribution in [0.2, 0.25) is 0 Å². The van der Waals surface area contributed by atoms with E-state index in [1.54, 1.807) is 12.1 Å². The van der Waals surface area contributed by atoms with Crippen molar-refractivity contribution in [2.45, 2.75) is 13.8 Å². The predicted molar refractivity (Wildman–Crippen MR) is 63.5 cm³/mol. The summed E-state index contributed by atoms with van der Waals surface area (Å²) in [6.07, 6.45) is 1.54. The number of hydrogen-bond acceptors (Lipinski definition) is 2. The Labute approximate surface area is 93.9 Å². The van der Waals surface area contributed by atoms with Gasteiger partial charge >= 0.3 is 0 Å². The van der Waals surface area contributed by atoms with E-state index in [0.717, 1.165) is 11.1 Å². The van der Waals surface area contributed by atoms with E-state index in [1.165, 1.54) is 12.3 Å². The molecule has 0 aliphatic rings. The summed E-state index contributed by atoms with van der Waals surface area (Å²) in [5.74, 6) is -0.241. The van der Waals surface area contributed by atoms with Crippen molar-refractivity contribution in [2.75, 3.05) is 5.73 Å². The van der Waals surface area contributed by atoms with Gasteiger partial charge in [-0.15, -0.1) is 0 Å². The molecule has 0 aliphatic heterocycles. The van der Waals surface area contributed by atoms with Crippen LogP contribution in [0.4, 0.5) is 10.1 Å². The normalized spacial score (nSPS) is 10.4. The first-order valence-corrected chi connectivity index (χ1v) is 5.06. The van der Waals surface area contributed by atoms with Crippen LogP contribution in [0, 0.1) is 19.7 Å². The van der Waals surface area contributed by atoms with Gasteiger partial charge in [-0.1, -0.05) is 6.07 Å². The highest BCUT2D eigenvalue weighted by atomic mass is 19.1. The molecule has 1 aromatic carbocycles. The fourth-order valence-corrected chi connectivity index (χ4v) is 1.79. The summed E-state index contributed by atoms with van der Waals surface area (Å²) in [6, 6.07) is 6.91. The molecule has 1 aromatic heterocycles. The minimum atomic E-state index is -0.241. The quantitative estimate of drug-likeness (QED) is 0.795.